The molecule has 106 valence electrons. The van der Waals surface area contributed by atoms with Crippen LogP contribution < -0.4 is 5.32 Å². The summed E-state index contributed by atoms with van der Waals surface area (Å²) in [6.07, 6.45) is 1.93. The minimum absolute atomic E-state index is 0.195. The average molecular weight is 274 g/mol. The lowest BCUT2D eigenvalue weighted by molar-refractivity contribution is -0.152. The highest BCUT2D eigenvalue weighted by molar-refractivity contribution is 5.88. The van der Waals surface area contributed by atoms with Crippen molar-refractivity contribution in [2.24, 2.45) is 0 Å². The molecule has 0 bridgehead atoms. The van der Waals surface area contributed by atoms with Gasteiger partial charge in [-0.2, -0.15) is 0 Å². The van der Waals surface area contributed by atoms with E-state index in [2.05, 4.69) is 17.4 Å². The van der Waals surface area contributed by atoms with Crippen molar-refractivity contribution >= 4 is 11.9 Å². The molecule has 0 saturated heterocycles. The zero-order valence-electron chi connectivity index (χ0n) is 11.3. The van der Waals surface area contributed by atoms with Crippen LogP contribution in [0.4, 0.5) is 0 Å². The van der Waals surface area contributed by atoms with Gasteiger partial charge in [-0.05, 0) is 30.4 Å². The number of carbonyl (C=O) groups is 2. The Morgan fingerprint density at radius 2 is 1.80 bits per heavy atom. The highest BCUT2D eigenvalue weighted by atomic mass is 16.4. The molecule has 2 N–H and O–H groups in total. The molecule has 20 heavy (non-hydrogen) atoms. The first-order chi connectivity index (χ1) is 9.59. The molecule has 1 saturated carbocycles. The number of rotatable bonds is 4. The number of hydrogen-bond donors (Lipinski definition) is 2. The maximum Gasteiger partial charge on any atom is 0.329 e. The van der Waals surface area contributed by atoms with E-state index in [1.54, 1.807) is 0 Å². The van der Waals surface area contributed by atoms with Crippen LogP contribution in [-0.4, -0.2) is 34.0 Å². The molecule has 0 atom stereocenters. The van der Waals surface area contributed by atoms with Crippen molar-refractivity contribution in [1.29, 1.82) is 0 Å². The van der Waals surface area contributed by atoms with Crippen molar-refractivity contribution in [3.05, 3.63) is 35.4 Å². The predicted molar refractivity (Wildman–Crippen MR) is 72.9 cm³/mol. The number of carboxylic acids is 1. The minimum atomic E-state index is -1.01. The summed E-state index contributed by atoms with van der Waals surface area (Å²) < 4.78 is 0. The van der Waals surface area contributed by atoms with Gasteiger partial charge in [-0.15, -0.1) is 0 Å². The maximum atomic E-state index is 12.0. The molecule has 0 aromatic heterocycles. The number of hydrogen-bond acceptors (Lipinski definition) is 3. The smallest absolute Gasteiger partial charge is 0.329 e. The van der Waals surface area contributed by atoms with Gasteiger partial charge in [-0.25, -0.2) is 4.79 Å². The van der Waals surface area contributed by atoms with Crippen molar-refractivity contribution in [3.8, 4) is 0 Å². The topological polar surface area (TPSA) is 69.6 Å². The van der Waals surface area contributed by atoms with Gasteiger partial charge in [0.05, 0.1) is 6.54 Å². The summed E-state index contributed by atoms with van der Waals surface area (Å²) in [5.41, 5.74) is 1.48. The molecule has 5 heteroatoms. The van der Waals surface area contributed by atoms with Gasteiger partial charge in [0.1, 0.15) is 5.54 Å². The second-order valence-corrected chi connectivity index (χ2v) is 5.70. The monoisotopic (exact) mass is 274 g/mol. The molecule has 0 radical (unpaired) electrons. The Balaban J connectivity index is 1.57. The first-order valence-corrected chi connectivity index (χ1v) is 6.93. The molecule has 1 aliphatic heterocycles. The van der Waals surface area contributed by atoms with Gasteiger partial charge >= 0.3 is 5.97 Å². The van der Waals surface area contributed by atoms with Crippen molar-refractivity contribution < 1.29 is 14.7 Å². The fourth-order valence-electron chi connectivity index (χ4n) is 2.95. The zero-order chi connectivity index (χ0) is 14.2. The summed E-state index contributed by atoms with van der Waals surface area (Å²) in [5, 5.41) is 11.9. The van der Waals surface area contributed by atoms with Gasteiger partial charge in [-0.1, -0.05) is 24.3 Å². The summed E-state index contributed by atoms with van der Waals surface area (Å²) in [6, 6.07) is 8.13. The SMILES string of the molecule is O=C(CN1Cc2ccccc2C1)NC1(C(=O)O)CCC1. The molecule has 1 aromatic carbocycles. The summed E-state index contributed by atoms with van der Waals surface area (Å²) in [5.74, 6) is -1.11. The molecule has 1 fully saturated rings. The van der Waals surface area contributed by atoms with E-state index in [4.69, 9.17) is 0 Å². The van der Waals surface area contributed by atoms with E-state index in [9.17, 15) is 14.7 Å². The van der Waals surface area contributed by atoms with Crippen LogP contribution in [0.3, 0.4) is 0 Å². The first-order valence-electron chi connectivity index (χ1n) is 6.93. The standard InChI is InChI=1S/C15H18N2O3/c18-13(16-15(14(19)20)6-3-7-15)10-17-8-11-4-1-2-5-12(11)9-17/h1-2,4-5H,3,6-10H2,(H,16,18)(H,19,20). The van der Waals surface area contributed by atoms with E-state index < -0.39 is 11.5 Å². The van der Waals surface area contributed by atoms with Gasteiger partial charge in [0, 0.05) is 13.1 Å². The second-order valence-electron chi connectivity index (χ2n) is 5.70. The fraction of sp³-hybridized carbons (Fsp3) is 0.467. The number of nitrogens with zero attached hydrogens (tertiary/aromatic N) is 1. The summed E-state index contributed by atoms with van der Waals surface area (Å²) in [6.45, 7) is 1.76. The Bertz CT molecular complexity index is 527. The quantitative estimate of drug-likeness (QED) is 0.863. The third kappa shape index (κ3) is 2.29. The molecule has 0 unspecified atom stereocenters. The minimum Gasteiger partial charge on any atom is -0.480 e. The lowest BCUT2D eigenvalue weighted by Gasteiger charge is -2.38. The number of carbonyl (C=O) groups excluding carboxylic acids is 1. The molecule has 5 nitrogen and oxygen atoms in total. The summed E-state index contributed by atoms with van der Waals surface area (Å²) in [4.78, 5) is 25.3. The zero-order valence-corrected chi connectivity index (χ0v) is 11.3. The lowest BCUT2D eigenvalue weighted by Crippen LogP contribution is -2.60. The Morgan fingerprint density at radius 1 is 1.20 bits per heavy atom. The Morgan fingerprint density at radius 3 is 2.25 bits per heavy atom. The molecule has 2 aliphatic rings. The molecular formula is C15H18N2O3. The van der Waals surface area contributed by atoms with Crippen molar-refractivity contribution in [2.45, 2.75) is 37.9 Å². The Labute approximate surface area is 117 Å². The van der Waals surface area contributed by atoms with Crippen LogP contribution in [0.2, 0.25) is 0 Å². The molecule has 1 aromatic rings. The van der Waals surface area contributed by atoms with Crippen LogP contribution in [-0.2, 0) is 22.7 Å². The molecule has 0 spiro atoms. The molecule has 3 rings (SSSR count). The van der Waals surface area contributed by atoms with E-state index >= 15 is 0 Å². The Hall–Kier alpha value is -1.88. The lowest BCUT2D eigenvalue weighted by atomic mass is 9.77. The predicted octanol–water partition coefficient (Wildman–Crippen LogP) is 1.13. The van der Waals surface area contributed by atoms with Gasteiger partial charge in [0.15, 0.2) is 0 Å². The molecule has 1 aliphatic carbocycles. The third-order valence-corrected chi connectivity index (χ3v) is 4.27. The molecule has 1 amide bonds. The van der Waals surface area contributed by atoms with Crippen LogP contribution in [0, 0.1) is 0 Å². The van der Waals surface area contributed by atoms with Gasteiger partial charge in [0.25, 0.3) is 0 Å². The first kappa shape index (κ1) is 13.1. The second kappa shape index (κ2) is 4.90. The number of amides is 1. The van der Waals surface area contributed by atoms with Crippen LogP contribution in [0.1, 0.15) is 30.4 Å². The largest absolute Gasteiger partial charge is 0.480 e. The highest BCUT2D eigenvalue weighted by Crippen LogP contribution is 2.32. The summed E-state index contributed by atoms with van der Waals surface area (Å²) in [7, 11) is 0. The average Bonchev–Trinajstić information content (AvgIpc) is 2.75. The third-order valence-electron chi connectivity index (χ3n) is 4.27. The fourth-order valence-corrected chi connectivity index (χ4v) is 2.95. The van der Waals surface area contributed by atoms with Crippen LogP contribution in [0.5, 0.6) is 0 Å². The van der Waals surface area contributed by atoms with Crippen LogP contribution in [0.15, 0.2) is 24.3 Å². The normalized spacial score (nSPS) is 20.0. The van der Waals surface area contributed by atoms with Gasteiger partial charge < -0.3 is 10.4 Å². The van der Waals surface area contributed by atoms with Gasteiger partial charge in [-0.3, -0.25) is 9.69 Å². The van der Waals surface area contributed by atoms with E-state index in [0.717, 1.165) is 19.5 Å². The van der Waals surface area contributed by atoms with Crippen LogP contribution >= 0.6 is 0 Å². The van der Waals surface area contributed by atoms with E-state index in [0.29, 0.717) is 12.8 Å². The van der Waals surface area contributed by atoms with E-state index in [-0.39, 0.29) is 12.5 Å². The number of carboxylic acid groups (broad SMARTS) is 1. The molecule has 1 heterocycles. The number of nitrogens with one attached hydrogen (secondary N) is 1. The number of aliphatic carboxylic acids is 1. The molecular weight excluding hydrogens is 256 g/mol. The maximum absolute atomic E-state index is 12.0. The number of fused-ring (bicyclic) bond motifs is 1. The van der Waals surface area contributed by atoms with Crippen molar-refractivity contribution in [3.63, 3.8) is 0 Å². The summed E-state index contributed by atoms with van der Waals surface area (Å²) >= 11 is 0. The number of benzene rings is 1. The van der Waals surface area contributed by atoms with E-state index in [1.807, 2.05) is 17.0 Å². The van der Waals surface area contributed by atoms with Crippen molar-refractivity contribution in [2.75, 3.05) is 6.54 Å². The van der Waals surface area contributed by atoms with Gasteiger partial charge in [0.2, 0.25) is 5.91 Å². The van der Waals surface area contributed by atoms with Crippen molar-refractivity contribution in [1.82, 2.24) is 10.2 Å². The van der Waals surface area contributed by atoms with Crippen LogP contribution in [0.25, 0.3) is 0 Å². The highest BCUT2D eigenvalue weighted by Gasteiger charge is 2.45. The Kier molecular flexibility index (Phi) is 3.22. The van der Waals surface area contributed by atoms with E-state index in [1.165, 1.54) is 11.1 Å².